The third-order valence-electron chi connectivity index (χ3n) is 3.36. The Morgan fingerprint density at radius 2 is 1.81 bits per heavy atom. The zero-order valence-electron chi connectivity index (χ0n) is 13.2. The Kier molecular flexibility index (Phi) is 4.67. The molecular formula is C14H10F6N4S2. The summed E-state index contributed by atoms with van der Waals surface area (Å²) in [5.41, 5.74) is -0.882. The molecule has 3 aromatic rings. The van der Waals surface area contributed by atoms with Gasteiger partial charge in [0.2, 0.25) is 0 Å². The number of thiazole rings is 1. The van der Waals surface area contributed by atoms with E-state index in [2.05, 4.69) is 15.0 Å². The Bertz CT molecular complexity index is 957. The normalized spacial score (nSPS) is 12.9. The molecule has 3 heterocycles. The fourth-order valence-electron chi connectivity index (χ4n) is 2.24. The lowest BCUT2D eigenvalue weighted by molar-refractivity contribution is -0.138. The number of pyridine rings is 1. The van der Waals surface area contributed by atoms with Gasteiger partial charge in [-0.2, -0.15) is 26.3 Å². The number of fused-ring (bicyclic) bond motifs is 1. The number of imidazole rings is 1. The van der Waals surface area contributed by atoms with E-state index < -0.39 is 22.9 Å². The second-order valence-electron chi connectivity index (χ2n) is 5.14. The molecule has 12 heteroatoms. The van der Waals surface area contributed by atoms with Crippen LogP contribution in [0.25, 0.3) is 21.9 Å². The third-order valence-corrected chi connectivity index (χ3v) is 5.44. The van der Waals surface area contributed by atoms with Gasteiger partial charge in [0.1, 0.15) is 15.4 Å². The summed E-state index contributed by atoms with van der Waals surface area (Å²) in [5, 5.41) is -0.890. The summed E-state index contributed by atoms with van der Waals surface area (Å²) >= 11 is 1.51. The molecule has 0 aliphatic carbocycles. The number of hydrogen-bond donors (Lipinski definition) is 0. The van der Waals surface area contributed by atoms with Gasteiger partial charge >= 0.3 is 12.4 Å². The largest absolute Gasteiger partial charge is 0.443 e. The summed E-state index contributed by atoms with van der Waals surface area (Å²) in [6.45, 7) is 1.76. The fraction of sp³-hybridized carbons (Fsp3) is 0.357. The molecule has 0 fully saturated rings. The molecule has 0 N–H and O–H groups in total. The minimum Gasteiger partial charge on any atom is -0.311 e. The molecule has 0 saturated carbocycles. The van der Waals surface area contributed by atoms with Gasteiger partial charge in [-0.3, -0.25) is 0 Å². The van der Waals surface area contributed by atoms with Gasteiger partial charge in [-0.1, -0.05) is 6.92 Å². The minimum absolute atomic E-state index is 0.0493. The molecule has 0 aromatic carbocycles. The maximum absolute atomic E-state index is 13.0. The van der Waals surface area contributed by atoms with E-state index in [1.165, 1.54) is 11.6 Å². The van der Waals surface area contributed by atoms with Crippen molar-refractivity contribution in [3.05, 3.63) is 22.8 Å². The lowest BCUT2D eigenvalue weighted by Crippen LogP contribution is -2.05. The van der Waals surface area contributed by atoms with Crippen LogP contribution in [0.15, 0.2) is 17.3 Å². The van der Waals surface area contributed by atoms with E-state index in [0.717, 1.165) is 17.8 Å². The van der Waals surface area contributed by atoms with Crippen LogP contribution in [-0.4, -0.2) is 25.3 Å². The average molecular weight is 412 g/mol. The smallest absolute Gasteiger partial charge is 0.311 e. The molecule has 3 aromatic heterocycles. The molecule has 0 saturated heterocycles. The number of aromatic nitrogens is 4. The van der Waals surface area contributed by atoms with E-state index in [9.17, 15) is 26.3 Å². The van der Waals surface area contributed by atoms with Gasteiger partial charge in [0.15, 0.2) is 16.5 Å². The van der Waals surface area contributed by atoms with Gasteiger partial charge in [0.25, 0.3) is 0 Å². The molecule has 0 unspecified atom stereocenters. The van der Waals surface area contributed by atoms with Crippen molar-refractivity contribution in [2.24, 2.45) is 7.05 Å². The number of thioether (sulfide) groups is 1. The van der Waals surface area contributed by atoms with Gasteiger partial charge in [-0.15, -0.1) is 23.1 Å². The number of alkyl halides is 6. The van der Waals surface area contributed by atoms with Crippen LogP contribution in [0, 0.1) is 0 Å². The van der Waals surface area contributed by atoms with Crippen molar-refractivity contribution >= 4 is 34.3 Å². The number of hydrogen-bond acceptors (Lipinski definition) is 5. The van der Waals surface area contributed by atoms with Crippen molar-refractivity contribution in [3.8, 4) is 10.7 Å². The molecule has 0 atom stereocenters. The van der Waals surface area contributed by atoms with Crippen molar-refractivity contribution in [1.29, 1.82) is 0 Å². The van der Waals surface area contributed by atoms with E-state index in [-0.39, 0.29) is 26.9 Å². The van der Waals surface area contributed by atoms with Crippen LogP contribution in [0.2, 0.25) is 0 Å². The lowest BCUT2D eigenvalue weighted by Gasteiger charge is -2.05. The van der Waals surface area contributed by atoms with Crippen molar-refractivity contribution < 1.29 is 26.3 Å². The van der Waals surface area contributed by atoms with E-state index in [1.54, 1.807) is 6.92 Å². The van der Waals surface area contributed by atoms with Crippen molar-refractivity contribution in [2.45, 2.75) is 24.3 Å². The number of rotatable bonds is 3. The highest BCUT2D eigenvalue weighted by Crippen LogP contribution is 2.42. The standard InChI is InChI=1S/C14H10F6N4S2/c1-3-25-11-8(26-12(23-11)14(18,19)20)10-22-7-4-6(13(15,16)17)5-21-9(7)24(10)2/h4-5H,3H2,1-2H3. The molecular weight excluding hydrogens is 402 g/mol. The molecule has 0 aliphatic rings. The van der Waals surface area contributed by atoms with Crippen LogP contribution in [0.3, 0.4) is 0 Å². The Morgan fingerprint density at radius 1 is 1.12 bits per heavy atom. The maximum Gasteiger partial charge on any atom is 0.443 e. The molecule has 0 amide bonds. The summed E-state index contributed by atoms with van der Waals surface area (Å²) in [6.07, 6.45) is -8.53. The molecule has 3 rings (SSSR count). The number of halogens is 6. The summed E-state index contributed by atoms with van der Waals surface area (Å²) in [7, 11) is 1.48. The zero-order chi connectivity index (χ0) is 19.3. The highest BCUT2D eigenvalue weighted by molar-refractivity contribution is 7.99. The van der Waals surface area contributed by atoms with E-state index in [0.29, 0.717) is 23.3 Å². The maximum atomic E-state index is 13.0. The minimum atomic E-state index is -4.61. The first-order valence-corrected chi connectivity index (χ1v) is 8.93. The molecule has 0 radical (unpaired) electrons. The third kappa shape index (κ3) is 3.39. The Labute approximate surface area is 151 Å². The monoisotopic (exact) mass is 412 g/mol. The summed E-state index contributed by atoms with van der Waals surface area (Å²) in [5.74, 6) is 0.574. The van der Waals surface area contributed by atoms with Crippen LogP contribution < -0.4 is 0 Å². The first-order chi connectivity index (χ1) is 12.0. The Morgan fingerprint density at radius 3 is 2.38 bits per heavy atom. The van der Waals surface area contributed by atoms with Gasteiger partial charge in [-0.25, -0.2) is 15.0 Å². The number of nitrogens with zero attached hydrogens (tertiary/aromatic N) is 4. The van der Waals surface area contributed by atoms with Crippen molar-refractivity contribution in [1.82, 2.24) is 19.5 Å². The second kappa shape index (κ2) is 6.41. The van der Waals surface area contributed by atoms with Gasteiger partial charge in [0.05, 0.1) is 5.56 Å². The van der Waals surface area contributed by atoms with Crippen LogP contribution in [-0.2, 0) is 19.4 Å². The van der Waals surface area contributed by atoms with Gasteiger partial charge in [-0.05, 0) is 11.8 Å². The average Bonchev–Trinajstić information content (AvgIpc) is 3.08. The SMILES string of the molecule is CCSc1nc(C(F)(F)F)sc1-c1nc2cc(C(F)(F)F)cnc2n1C. The fourth-order valence-corrected chi connectivity index (χ4v) is 4.10. The Hall–Kier alpha value is -1.82. The van der Waals surface area contributed by atoms with E-state index in [4.69, 9.17) is 0 Å². The van der Waals surface area contributed by atoms with Crippen LogP contribution in [0.4, 0.5) is 26.3 Å². The molecule has 0 spiro atoms. The topological polar surface area (TPSA) is 43.6 Å². The Balaban J connectivity index is 2.19. The predicted octanol–water partition coefficient (Wildman–Crippen LogP) is 5.24. The summed E-state index contributed by atoms with van der Waals surface area (Å²) in [4.78, 5) is 11.6. The first kappa shape index (κ1) is 19.0. The van der Waals surface area contributed by atoms with Crippen molar-refractivity contribution in [2.75, 3.05) is 5.75 Å². The van der Waals surface area contributed by atoms with Crippen molar-refractivity contribution in [3.63, 3.8) is 0 Å². The lowest BCUT2D eigenvalue weighted by atomic mass is 10.2. The summed E-state index contributed by atoms with van der Waals surface area (Å²) < 4.78 is 78.9. The zero-order valence-corrected chi connectivity index (χ0v) is 14.9. The first-order valence-electron chi connectivity index (χ1n) is 7.13. The van der Waals surface area contributed by atoms with Crippen LogP contribution in [0.5, 0.6) is 0 Å². The predicted molar refractivity (Wildman–Crippen MR) is 86.0 cm³/mol. The number of aryl methyl sites for hydroxylation is 1. The molecule has 0 aliphatic heterocycles. The second-order valence-corrected chi connectivity index (χ2v) is 7.39. The van der Waals surface area contributed by atoms with E-state index in [1.807, 2.05) is 0 Å². The van der Waals surface area contributed by atoms with Crippen LogP contribution in [0.1, 0.15) is 17.5 Å². The summed E-state index contributed by atoms with van der Waals surface area (Å²) in [6, 6.07) is 0.824. The highest BCUT2D eigenvalue weighted by atomic mass is 32.2. The van der Waals surface area contributed by atoms with E-state index >= 15 is 0 Å². The highest BCUT2D eigenvalue weighted by Gasteiger charge is 2.37. The van der Waals surface area contributed by atoms with Gasteiger partial charge in [0, 0.05) is 13.2 Å². The van der Waals surface area contributed by atoms with Crippen LogP contribution >= 0.6 is 23.1 Å². The molecule has 4 nitrogen and oxygen atoms in total. The molecule has 26 heavy (non-hydrogen) atoms. The molecule has 0 bridgehead atoms. The molecule has 140 valence electrons. The quantitative estimate of drug-likeness (QED) is 0.436. The van der Waals surface area contributed by atoms with Gasteiger partial charge < -0.3 is 4.57 Å².